The van der Waals surface area contributed by atoms with Crippen molar-refractivity contribution in [1.29, 1.82) is 0 Å². The summed E-state index contributed by atoms with van der Waals surface area (Å²) in [6, 6.07) is -0.964. The molecule has 1 aromatic rings. The molecule has 104 valence electrons. The predicted molar refractivity (Wildman–Crippen MR) is 70.6 cm³/mol. The van der Waals surface area contributed by atoms with Gasteiger partial charge in [-0.2, -0.15) is 4.98 Å². The van der Waals surface area contributed by atoms with Gasteiger partial charge in [-0.25, -0.2) is 9.59 Å². The van der Waals surface area contributed by atoms with Gasteiger partial charge in [0, 0.05) is 12.7 Å². The minimum atomic E-state index is -1.10. The molecule has 1 unspecified atom stereocenters. The highest BCUT2D eigenvalue weighted by molar-refractivity contribution is 7.98. The standard InChI is InChI=1S/C11H15N3O4S/c1-5-7(8(19-4)13-11(18)12-5)9(15)14(3)6(2)10(16)17/h6H,1-4H3,(H,16,17)(H,12,13,18). The zero-order chi connectivity index (χ0) is 14.7. The van der Waals surface area contributed by atoms with Crippen LogP contribution in [0.2, 0.25) is 0 Å². The summed E-state index contributed by atoms with van der Waals surface area (Å²) < 4.78 is 0. The molecular formula is C11H15N3O4S. The van der Waals surface area contributed by atoms with Gasteiger partial charge in [0.2, 0.25) is 0 Å². The summed E-state index contributed by atoms with van der Waals surface area (Å²) in [5, 5.41) is 9.20. The van der Waals surface area contributed by atoms with Crippen molar-refractivity contribution in [1.82, 2.24) is 14.9 Å². The Morgan fingerprint density at radius 1 is 1.47 bits per heavy atom. The summed E-state index contributed by atoms with van der Waals surface area (Å²) in [5.41, 5.74) is 0.0637. The van der Waals surface area contributed by atoms with E-state index in [0.29, 0.717) is 5.69 Å². The first-order chi connectivity index (χ1) is 8.79. The number of aryl methyl sites for hydroxylation is 1. The lowest BCUT2D eigenvalue weighted by molar-refractivity contribution is -0.141. The van der Waals surface area contributed by atoms with Crippen LogP contribution in [0.5, 0.6) is 0 Å². The topological polar surface area (TPSA) is 103 Å². The highest BCUT2D eigenvalue weighted by atomic mass is 32.2. The molecule has 0 saturated heterocycles. The number of rotatable bonds is 4. The van der Waals surface area contributed by atoms with Crippen LogP contribution >= 0.6 is 11.8 Å². The summed E-state index contributed by atoms with van der Waals surface area (Å²) in [7, 11) is 1.40. The monoisotopic (exact) mass is 285 g/mol. The number of likely N-dealkylation sites (N-methyl/N-ethyl adjacent to an activating group) is 1. The number of hydrogen-bond donors (Lipinski definition) is 2. The van der Waals surface area contributed by atoms with Crippen LogP contribution < -0.4 is 5.69 Å². The molecule has 1 atom stereocenters. The lowest BCUT2D eigenvalue weighted by Crippen LogP contribution is -2.41. The van der Waals surface area contributed by atoms with Crippen LogP contribution in [0.25, 0.3) is 0 Å². The van der Waals surface area contributed by atoms with E-state index in [4.69, 9.17) is 5.11 Å². The Morgan fingerprint density at radius 2 is 2.05 bits per heavy atom. The fourth-order valence-corrected chi connectivity index (χ4v) is 2.10. The molecule has 0 bridgehead atoms. The van der Waals surface area contributed by atoms with Crippen molar-refractivity contribution in [3.05, 3.63) is 21.7 Å². The van der Waals surface area contributed by atoms with E-state index in [1.165, 1.54) is 14.0 Å². The second kappa shape index (κ2) is 5.87. The van der Waals surface area contributed by atoms with Gasteiger partial charge in [-0.15, -0.1) is 11.8 Å². The predicted octanol–water partition coefficient (Wildman–Crippen LogP) is 0.345. The van der Waals surface area contributed by atoms with Gasteiger partial charge >= 0.3 is 11.7 Å². The van der Waals surface area contributed by atoms with Crippen molar-refractivity contribution in [2.24, 2.45) is 0 Å². The van der Waals surface area contributed by atoms with E-state index in [1.807, 2.05) is 0 Å². The summed E-state index contributed by atoms with van der Waals surface area (Å²) >= 11 is 1.16. The summed E-state index contributed by atoms with van der Waals surface area (Å²) in [6.07, 6.45) is 1.69. The van der Waals surface area contributed by atoms with Crippen molar-refractivity contribution < 1.29 is 14.7 Å². The molecule has 1 rings (SSSR count). The van der Waals surface area contributed by atoms with Gasteiger partial charge in [0.15, 0.2) is 0 Å². The Labute approximate surface area is 114 Å². The molecule has 2 N–H and O–H groups in total. The van der Waals surface area contributed by atoms with Gasteiger partial charge in [0.25, 0.3) is 5.91 Å². The number of amides is 1. The molecule has 0 radical (unpaired) electrons. The largest absolute Gasteiger partial charge is 0.480 e. The number of aliphatic carboxylic acids is 1. The van der Waals surface area contributed by atoms with E-state index in [9.17, 15) is 14.4 Å². The molecule has 0 aliphatic carbocycles. The van der Waals surface area contributed by atoms with Gasteiger partial charge in [-0.3, -0.25) is 4.79 Å². The van der Waals surface area contributed by atoms with Crippen LogP contribution in [-0.4, -0.2) is 51.2 Å². The van der Waals surface area contributed by atoms with E-state index in [-0.39, 0.29) is 10.6 Å². The Morgan fingerprint density at radius 3 is 2.53 bits per heavy atom. The van der Waals surface area contributed by atoms with Crippen LogP contribution in [-0.2, 0) is 4.79 Å². The van der Waals surface area contributed by atoms with Crippen LogP contribution in [0.1, 0.15) is 23.0 Å². The molecule has 0 aliphatic rings. The third-order valence-electron chi connectivity index (χ3n) is 2.75. The van der Waals surface area contributed by atoms with Crippen LogP contribution in [0.4, 0.5) is 0 Å². The lowest BCUT2D eigenvalue weighted by Gasteiger charge is -2.22. The number of carbonyl (C=O) groups excluding carboxylic acids is 1. The van der Waals surface area contributed by atoms with Crippen molar-refractivity contribution in [3.8, 4) is 0 Å². The third-order valence-corrected chi connectivity index (χ3v) is 3.43. The normalized spacial score (nSPS) is 12.0. The number of nitrogens with zero attached hydrogens (tertiary/aromatic N) is 2. The molecule has 0 saturated carbocycles. The highest BCUT2D eigenvalue weighted by Crippen LogP contribution is 2.20. The molecule has 0 aliphatic heterocycles. The van der Waals surface area contributed by atoms with Crippen molar-refractivity contribution in [3.63, 3.8) is 0 Å². The number of nitrogens with one attached hydrogen (secondary N) is 1. The number of carboxylic acid groups (broad SMARTS) is 1. The van der Waals surface area contributed by atoms with Crippen LogP contribution in [0.3, 0.4) is 0 Å². The fraction of sp³-hybridized carbons (Fsp3) is 0.455. The Hall–Kier alpha value is -1.83. The molecule has 1 heterocycles. The smallest absolute Gasteiger partial charge is 0.346 e. The number of H-pyrrole nitrogens is 1. The highest BCUT2D eigenvalue weighted by Gasteiger charge is 2.26. The molecule has 1 aromatic heterocycles. The first-order valence-corrected chi connectivity index (χ1v) is 6.67. The molecular weight excluding hydrogens is 270 g/mol. The number of aromatic amines is 1. The van der Waals surface area contributed by atoms with Crippen molar-refractivity contribution >= 4 is 23.6 Å². The van der Waals surface area contributed by atoms with Gasteiger partial charge in [-0.05, 0) is 20.1 Å². The lowest BCUT2D eigenvalue weighted by atomic mass is 10.2. The Balaban J connectivity index is 3.27. The van der Waals surface area contributed by atoms with E-state index >= 15 is 0 Å². The van der Waals surface area contributed by atoms with E-state index in [2.05, 4.69) is 9.97 Å². The molecule has 0 fully saturated rings. The van der Waals surface area contributed by atoms with Crippen LogP contribution in [0.15, 0.2) is 9.82 Å². The molecule has 19 heavy (non-hydrogen) atoms. The number of thioether (sulfide) groups is 1. The molecule has 1 amide bonds. The second-order valence-corrected chi connectivity index (χ2v) is 4.78. The van der Waals surface area contributed by atoms with E-state index in [0.717, 1.165) is 16.7 Å². The van der Waals surface area contributed by atoms with Gasteiger partial charge in [0.05, 0.1) is 5.56 Å². The molecule has 0 aromatic carbocycles. The Kier molecular flexibility index (Phi) is 4.71. The zero-order valence-electron chi connectivity index (χ0n) is 11.1. The third kappa shape index (κ3) is 3.14. The van der Waals surface area contributed by atoms with Gasteiger partial charge in [-0.1, -0.05) is 0 Å². The van der Waals surface area contributed by atoms with E-state index in [1.54, 1.807) is 13.2 Å². The first kappa shape index (κ1) is 15.2. The average Bonchev–Trinajstić information content (AvgIpc) is 2.34. The molecule has 7 nitrogen and oxygen atoms in total. The number of hydrogen-bond acceptors (Lipinski definition) is 5. The van der Waals surface area contributed by atoms with Gasteiger partial charge in [0.1, 0.15) is 11.1 Å². The molecule has 0 spiro atoms. The molecule has 8 heteroatoms. The Bertz CT molecular complexity index is 570. The van der Waals surface area contributed by atoms with Crippen LogP contribution in [0, 0.1) is 6.92 Å². The average molecular weight is 285 g/mol. The minimum Gasteiger partial charge on any atom is -0.480 e. The summed E-state index contributed by atoms with van der Waals surface area (Å²) in [6.45, 7) is 2.99. The first-order valence-electron chi connectivity index (χ1n) is 5.44. The zero-order valence-corrected chi connectivity index (χ0v) is 11.9. The van der Waals surface area contributed by atoms with Gasteiger partial charge < -0.3 is 15.0 Å². The SMILES string of the molecule is CSc1nc(=O)[nH]c(C)c1C(=O)N(C)C(C)C(=O)O. The summed E-state index contributed by atoms with van der Waals surface area (Å²) in [4.78, 5) is 41.7. The second-order valence-electron chi connectivity index (χ2n) is 3.98. The minimum absolute atomic E-state index is 0.225. The quantitative estimate of drug-likeness (QED) is 0.611. The fourth-order valence-electron chi connectivity index (χ4n) is 1.48. The maximum Gasteiger partial charge on any atom is 0.346 e. The number of carbonyl (C=O) groups is 2. The van der Waals surface area contributed by atoms with Crippen molar-refractivity contribution in [2.75, 3.05) is 13.3 Å². The van der Waals surface area contributed by atoms with E-state index < -0.39 is 23.6 Å². The number of carboxylic acids is 1. The number of aromatic nitrogens is 2. The van der Waals surface area contributed by atoms with Crippen molar-refractivity contribution in [2.45, 2.75) is 24.9 Å². The maximum absolute atomic E-state index is 12.3. The maximum atomic E-state index is 12.3. The summed E-state index contributed by atoms with van der Waals surface area (Å²) in [5.74, 6) is -1.59.